The van der Waals surface area contributed by atoms with Gasteiger partial charge in [0.15, 0.2) is 0 Å². The molecule has 22 heavy (non-hydrogen) atoms. The van der Waals surface area contributed by atoms with Gasteiger partial charge in [-0.05, 0) is 18.9 Å². The molecule has 1 amide bonds. The average molecular weight is 310 g/mol. The Morgan fingerprint density at radius 3 is 2.91 bits per heavy atom. The number of nitrogens with one attached hydrogen (secondary N) is 1. The lowest BCUT2D eigenvalue weighted by Crippen LogP contribution is -2.45. The number of halogens is 2. The number of rotatable bonds is 4. The van der Waals surface area contributed by atoms with Gasteiger partial charge < -0.3 is 14.6 Å². The molecule has 0 unspecified atom stereocenters. The number of amides is 1. The van der Waals surface area contributed by atoms with E-state index in [-0.39, 0.29) is 11.7 Å². The van der Waals surface area contributed by atoms with Crippen LogP contribution >= 0.6 is 0 Å². The van der Waals surface area contributed by atoms with Gasteiger partial charge in [0, 0.05) is 30.8 Å². The van der Waals surface area contributed by atoms with Crippen LogP contribution in [0.5, 0.6) is 0 Å². The van der Waals surface area contributed by atoms with Gasteiger partial charge in [0.2, 0.25) is 0 Å². The van der Waals surface area contributed by atoms with Crippen molar-refractivity contribution in [3.63, 3.8) is 0 Å². The first-order valence-electron chi connectivity index (χ1n) is 7.10. The van der Waals surface area contributed by atoms with E-state index in [9.17, 15) is 13.6 Å². The number of carbonyl (C=O) groups is 1. The number of hydrogen-bond acceptors (Lipinski definition) is 4. The number of H-pyrrole nitrogens is 1. The number of aromatic nitrogens is 3. The summed E-state index contributed by atoms with van der Waals surface area (Å²) in [4.78, 5) is 24.6. The van der Waals surface area contributed by atoms with Gasteiger partial charge in [-0.25, -0.2) is 18.7 Å². The second-order valence-electron chi connectivity index (χ2n) is 5.20. The summed E-state index contributed by atoms with van der Waals surface area (Å²) in [6, 6.07) is 1.36. The van der Waals surface area contributed by atoms with Crippen molar-refractivity contribution in [3.05, 3.63) is 24.3 Å². The third-order valence-electron chi connectivity index (χ3n) is 3.75. The largest absolute Gasteiger partial charge is 0.381 e. The van der Waals surface area contributed by atoms with Crippen LogP contribution in [-0.4, -0.2) is 58.0 Å². The molecule has 1 fully saturated rings. The summed E-state index contributed by atoms with van der Waals surface area (Å²) in [6.07, 6.45) is 1.50. The highest BCUT2D eigenvalue weighted by Crippen LogP contribution is 2.20. The molecule has 3 rings (SSSR count). The third-order valence-corrected chi connectivity index (χ3v) is 3.75. The molecule has 6 nitrogen and oxygen atoms in total. The highest BCUT2D eigenvalue weighted by atomic mass is 19.3. The van der Waals surface area contributed by atoms with Crippen molar-refractivity contribution >= 4 is 16.9 Å². The summed E-state index contributed by atoms with van der Waals surface area (Å²) in [5, 5.41) is 0.676. The Hall–Kier alpha value is -2.09. The molecule has 3 heterocycles. The van der Waals surface area contributed by atoms with Crippen LogP contribution in [0, 0.1) is 0 Å². The summed E-state index contributed by atoms with van der Waals surface area (Å²) in [5.41, 5.74) is 0.768. The van der Waals surface area contributed by atoms with Crippen LogP contribution in [0.25, 0.3) is 11.0 Å². The van der Waals surface area contributed by atoms with Gasteiger partial charge in [-0.15, -0.1) is 0 Å². The van der Waals surface area contributed by atoms with Crippen LogP contribution in [0.15, 0.2) is 18.6 Å². The van der Waals surface area contributed by atoms with E-state index in [0.717, 1.165) is 0 Å². The first-order valence-corrected chi connectivity index (χ1v) is 7.10. The number of carbonyl (C=O) groups excluding carboxylic acids is 1. The van der Waals surface area contributed by atoms with Crippen LogP contribution < -0.4 is 0 Å². The fourth-order valence-electron chi connectivity index (χ4n) is 2.68. The maximum absolute atomic E-state index is 12.9. The summed E-state index contributed by atoms with van der Waals surface area (Å²) >= 11 is 0. The molecule has 1 N–H and O–H groups in total. The summed E-state index contributed by atoms with van der Waals surface area (Å²) < 4.78 is 31.0. The number of hydrogen-bond donors (Lipinski definition) is 1. The Labute approximate surface area is 125 Å². The predicted molar refractivity (Wildman–Crippen MR) is 74.8 cm³/mol. The highest BCUT2D eigenvalue weighted by molar-refractivity contribution is 5.97. The van der Waals surface area contributed by atoms with Gasteiger partial charge in [0.1, 0.15) is 17.7 Å². The van der Waals surface area contributed by atoms with Crippen LogP contribution in [0.4, 0.5) is 8.78 Å². The van der Waals surface area contributed by atoms with Gasteiger partial charge in [0.05, 0.1) is 6.54 Å². The number of ether oxygens (including phenoxy) is 1. The Kier molecular flexibility index (Phi) is 4.28. The number of fused-ring (bicyclic) bond motifs is 1. The van der Waals surface area contributed by atoms with E-state index in [1.807, 2.05) is 0 Å². The molecule has 0 aliphatic carbocycles. The topological polar surface area (TPSA) is 71.1 Å². The zero-order chi connectivity index (χ0) is 15.5. The van der Waals surface area contributed by atoms with E-state index in [1.54, 1.807) is 12.3 Å². The fourth-order valence-corrected chi connectivity index (χ4v) is 2.68. The lowest BCUT2D eigenvalue weighted by atomic mass is 10.1. The molecule has 8 heteroatoms. The van der Waals surface area contributed by atoms with E-state index >= 15 is 0 Å². The van der Waals surface area contributed by atoms with Crippen LogP contribution in [0.3, 0.4) is 0 Å². The Morgan fingerprint density at radius 1 is 1.45 bits per heavy atom. The monoisotopic (exact) mass is 310 g/mol. The molecule has 1 aliphatic heterocycles. The molecule has 0 bridgehead atoms. The molecule has 2 aromatic rings. The number of nitrogens with zero attached hydrogens (tertiary/aromatic N) is 3. The Bertz CT molecular complexity index is 622. The smallest absolute Gasteiger partial charge is 0.270 e. The van der Waals surface area contributed by atoms with Crippen molar-refractivity contribution in [2.45, 2.75) is 25.3 Å². The maximum Gasteiger partial charge on any atom is 0.270 e. The molecule has 0 radical (unpaired) electrons. The van der Waals surface area contributed by atoms with Crippen molar-refractivity contribution in [2.24, 2.45) is 0 Å². The van der Waals surface area contributed by atoms with Crippen molar-refractivity contribution < 1.29 is 18.3 Å². The third kappa shape index (κ3) is 3.06. The average Bonchev–Trinajstić information content (AvgIpc) is 2.96. The van der Waals surface area contributed by atoms with E-state index < -0.39 is 18.9 Å². The number of alkyl halides is 2. The summed E-state index contributed by atoms with van der Waals surface area (Å²) in [7, 11) is 0. The fraction of sp³-hybridized carbons (Fsp3) is 0.500. The van der Waals surface area contributed by atoms with Crippen molar-refractivity contribution in [2.75, 3.05) is 19.8 Å². The molecular formula is C14H16F2N4O2. The van der Waals surface area contributed by atoms with Gasteiger partial charge in [-0.1, -0.05) is 0 Å². The zero-order valence-electron chi connectivity index (χ0n) is 11.8. The molecule has 2 aromatic heterocycles. The molecule has 0 spiro atoms. The van der Waals surface area contributed by atoms with Crippen LogP contribution in [0.2, 0.25) is 0 Å². The Balaban J connectivity index is 1.86. The standard InChI is InChI=1S/C14H16F2N4O2/c15-12(16)7-20(10-1-3-22-4-2-10)14(21)11-5-9-6-17-8-18-13(9)19-11/h5-6,8,10,12H,1-4,7H2,(H,17,18,19). The summed E-state index contributed by atoms with van der Waals surface area (Å²) in [6.45, 7) is 0.385. The van der Waals surface area contributed by atoms with Crippen molar-refractivity contribution in [1.82, 2.24) is 19.9 Å². The lowest BCUT2D eigenvalue weighted by Gasteiger charge is -2.33. The minimum absolute atomic E-state index is 0.229. The SMILES string of the molecule is O=C(c1cc2cncnc2[nH]1)N(CC(F)F)C1CCOCC1. The van der Waals surface area contributed by atoms with Gasteiger partial charge in [0.25, 0.3) is 12.3 Å². The first kappa shape index (κ1) is 14.8. The maximum atomic E-state index is 12.9. The minimum Gasteiger partial charge on any atom is -0.381 e. The normalized spacial score (nSPS) is 16.3. The predicted octanol–water partition coefficient (Wildman–Crippen LogP) is 1.84. The lowest BCUT2D eigenvalue weighted by molar-refractivity contribution is 0.00855. The molecule has 1 saturated heterocycles. The second-order valence-corrected chi connectivity index (χ2v) is 5.20. The van der Waals surface area contributed by atoms with Crippen LogP contribution in [0.1, 0.15) is 23.3 Å². The second kappa shape index (κ2) is 6.35. The van der Waals surface area contributed by atoms with Gasteiger partial charge >= 0.3 is 0 Å². The van der Waals surface area contributed by atoms with E-state index in [4.69, 9.17) is 4.74 Å². The van der Waals surface area contributed by atoms with E-state index in [0.29, 0.717) is 37.1 Å². The van der Waals surface area contributed by atoms with E-state index in [2.05, 4.69) is 15.0 Å². The summed E-state index contributed by atoms with van der Waals surface area (Å²) in [5.74, 6) is -0.440. The molecule has 0 aromatic carbocycles. The molecule has 0 atom stereocenters. The Morgan fingerprint density at radius 2 is 2.23 bits per heavy atom. The molecular weight excluding hydrogens is 294 g/mol. The van der Waals surface area contributed by atoms with Crippen molar-refractivity contribution in [3.8, 4) is 0 Å². The number of aromatic amines is 1. The van der Waals surface area contributed by atoms with Gasteiger partial charge in [-0.3, -0.25) is 4.79 Å². The van der Waals surface area contributed by atoms with Crippen LogP contribution in [-0.2, 0) is 4.74 Å². The highest BCUT2D eigenvalue weighted by Gasteiger charge is 2.29. The zero-order valence-corrected chi connectivity index (χ0v) is 11.8. The van der Waals surface area contributed by atoms with Crippen molar-refractivity contribution in [1.29, 1.82) is 0 Å². The van der Waals surface area contributed by atoms with Gasteiger partial charge in [-0.2, -0.15) is 0 Å². The molecule has 118 valence electrons. The first-order chi connectivity index (χ1) is 10.6. The molecule has 0 saturated carbocycles. The minimum atomic E-state index is -2.57. The van der Waals surface area contributed by atoms with E-state index in [1.165, 1.54) is 11.2 Å². The molecule has 1 aliphatic rings. The quantitative estimate of drug-likeness (QED) is 0.935.